The molecule has 0 aromatic carbocycles. The third-order valence-electron chi connectivity index (χ3n) is 2.84. The first-order valence-electron chi connectivity index (χ1n) is 5.39. The Morgan fingerprint density at radius 2 is 2.33 bits per heavy atom. The summed E-state index contributed by atoms with van der Waals surface area (Å²) in [5.41, 5.74) is 2.83. The number of guanidine groups is 1. The fourth-order valence-electron chi connectivity index (χ4n) is 1.95. The molecule has 1 aliphatic rings. The lowest BCUT2D eigenvalue weighted by Crippen LogP contribution is -2.51. The van der Waals surface area contributed by atoms with Crippen LogP contribution in [0.5, 0.6) is 0 Å². The minimum atomic E-state index is 0.151. The van der Waals surface area contributed by atoms with E-state index in [4.69, 9.17) is 10.6 Å². The van der Waals surface area contributed by atoms with Crippen molar-refractivity contribution in [2.45, 2.75) is 32.2 Å². The van der Waals surface area contributed by atoms with Gasteiger partial charge in [0.2, 0.25) is 5.96 Å². The summed E-state index contributed by atoms with van der Waals surface area (Å²) in [4.78, 5) is 6.62. The Morgan fingerprint density at radius 3 is 2.80 bits per heavy atom. The highest BCUT2D eigenvalue weighted by Crippen LogP contribution is 2.27. The van der Waals surface area contributed by atoms with Gasteiger partial charge >= 0.3 is 0 Å². The first kappa shape index (κ1) is 12.3. The summed E-state index contributed by atoms with van der Waals surface area (Å²) in [6.45, 7) is 6.71. The quantitative estimate of drug-likeness (QED) is 0.234. The Kier molecular flexibility index (Phi) is 4.35. The molecule has 0 radical (unpaired) electrons. The number of hydrogen-bond acceptors (Lipinski definition) is 3. The van der Waals surface area contributed by atoms with Gasteiger partial charge in [-0.2, -0.15) is 0 Å². The van der Waals surface area contributed by atoms with Gasteiger partial charge in [-0.05, 0) is 26.7 Å². The monoisotopic (exact) mass is 214 g/mol. The molecule has 3 N–H and O–H groups in total. The normalized spacial score (nSPS) is 20.8. The molecule has 0 saturated carbocycles. The second-order valence-electron chi connectivity index (χ2n) is 4.41. The molecule has 5 heteroatoms. The molecule has 0 aromatic heterocycles. The summed E-state index contributed by atoms with van der Waals surface area (Å²) in [6.07, 6.45) is 2.37. The van der Waals surface area contributed by atoms with Crippen LogP contribution >= 0.6 is 0 Å². The Morgan fingerprint density at radius 1 is 1.60 bits per heavy atom. The molecular formula is C10H22N4O. The van der Waals surface area contributed by atoms with E-state index in [9.17, 15) is 0 Å². The van der Waals surface area contributed by atoms with E-state index < -0.39 is 0 Å². The topological polar surface area (TPSA) is 62.9 Å². The number of ether oxygens (including phenoxy) is 1. The number of hydrazine groups is 1. The molecule has 0 amide bonds. The highest BCUT2D eigenvalue weighted by Gasteiger charge is 2.33. The van der Waals surface area contributed by atoms with E-state index in [0.717, 1.165) is 12.5 Å². The molecule has 1 rings (SSSR count). The average molecular weight is 214 g/mol. The van der Waals surface area contributed by atoms with E-state index in [0.29, 0.717) is 13.2 Å². The summed E-state index contributed by atoms with van der Waals surface area (Å²) >= 11 is 0. The maximum atomic E-state index is 5.49. The fraction of sp³-hybridized carbons (Fsp3) is 0.900. The van der Waals surface area contributed by atoms with Gasteiger partial charge in [0.15, 0.2) is 0 Å². The maximum Gasteiger partial charge on any atom is 0.208 e. The number of nitrogens with two attached hydrogens (primary N) is 1. The van der Waals surface area contributed by atoms with Crippen molar-refractivity contribution in [3.8, 4) is 0 Å². The molecule has 15 heavy (non-hydrogen) atoms. The molecule has 0 bridgehead atoms. The Labute approximate surface area is 91.6 Å². The van der Waals surface area contributed by atoms with Gasteiger partial charge in [-0.25, -0.2) is 10.8 Å². The third-order valence-corrected chi connectivity index (χ3v) is 2.84. The summed E-state index contributed by atoms with van der Waals surface area (Å²) in [6, 6.07) is 0. The lowest BCUT2D eigenvalue weighted by atomic mass is 10.0. The second kappa shape index (κ2) is 5.32. The minimum absolute atomic E-state index is 0.151. The smallest absolute Gasteiger partial charge is 0.208 e. The maximum absolute atomic E-state index is 5.49. The first-order valence-corrected chi connectivity index (χ1v) is 5.39. The van der Waals surface area contributed by atoms with E-state index >= 15 is 0 Å². The van der Waals surface area contributed by atoms with Crippen LogP contribution in [0.4, 0.5) is 0 Å². The van der Waals surface area contributed by atoms with Gasteiger partial charge in [0.05, 0.1) is 13.2 Å². The van der Waals surface area contributed by atoms with Crippen LogP contribution in [0.25, 0.3) is 0 Å². The number of methoxy groups -OCH3 is 1. The first-order chi connectivity index (χ1) is 7.11. The van der Waals surface area contributed by atoms with E-state index in [1.807, 2.05) is 0 Å². The van der Waals surface area contributed by atoms with Crippen LogP contribution < -0.4 is 11.3 Å². The molecule has 0 aromatic rings. The zero-order chi connectivity index (χ0) is 11.3. The minimum Gasteiger partial charge on any atom is -0.383 e. The third kappa shape index (κ3) is 3.07. The summed E-state index contributed by atoms with van der Waals surface area (Å²) in [5.74, 6) is 6.27. The van der Waals surface area contributed by atoms with Crippen LogP contribution in [-0.4, -0.2) is 43.2 Å². The van der Waals surface area contributed by atoms with Gasteiger partial charge in [-0.3, -0.25) is 5.43 Å². The zero-order valence-electron chi connectivity index (χ0n) is 9.92. The Balaban J connectivity index is 2.61. The molecule has 0 aliphatic carbocycles. The van der Waals surface area contributed by atoms with E-state index in [-0.39, 0.29) is 5.54 Å². The van der Waals surface area contributed by atoms with Gasteiger partial charge < -0.3 is 9.64 Å². The summed E-state index contributed by atoms with van der Waals surface area (Å²) in [5, 5.41) is 0. The number of nitrogens with zero attached hydrogens (tertiary/aromatic N) is 2. The van der Waals surface area contributed by atoms with Crippen LogP contribution in [-0.2, 0) is 4.74 Å². The van der Waals surface area contributed by atoms with Crippen molar-refractivity contribution in [2.24, 2.45) is 10.8 Å². The highest BCUT2D eigenvalue weighted by molar-refractivity contribution is 5.80. The zero-order valence-corrected chi connectivity index (χ0v) is 9.92. The summed E-state index contributed by atoms with van der Waals surface area (Å²) < 4.78 is 4.96. The Hall–Kier alpha value is -0.810. The molecule has 0 spiro atoms. The number of hydrogen-bond donors (Lipinski definition) is 2. The van der Waals surface area contributed by atoms with Crippen molar-refractivity contribution in [3.63, 3.8) is 0 Å². The van der Waals surface area contributed by atoms with E-state index in [2.05, 4.69) is 29.2 Å². The van der Waals surface area contributed by atoms with Gasteiger partial charge in [-0.15, -0.1) is 0 Å². The van der Waals surface area contributed by atoms with Crippen LogP contribution in [0, 0.1) is 0 Å². The molecule has 0 unspecified atom stereocenters. The van der Waals surface area contributed by atoms with E-state index in [1.165, 1.54) is 12.8 Å². The van der Waals surface area contributed by atoms with Gasteiger partial charge in [-0.1, -0.05) is 0 Å². The van der Waals surface area contributed by atoms with Crippen molar-refractivity contribution in [1.82, 2.24) is 10.3 Å². The lowest BCUT2D eigenvalue weighted by Gasteiger charge is -2.33. The fourth-order valence-corrected chi connectivity index (χ4v) is 1.95. The van der Waals surface area contributed by atoms with Crippen LogP contribution in [0.3, 0.4) is 0 Å². The predicted octanol–water partition coefficient (Wildman–Crippen LogP) is 0.327. The molecule has 1 heterocycles. The van der Waals surface area contributed by atoms with Crippen LogP contribution in [0.15, 0.2) is 4.99 Å². The second-order valence-corrected chi connectivity index (χ2v) is 4.41. The molecule has 5 nitrogen and oxygen atoms in total. The van der Waals surface area contributed by atoms with Gasteiger partial charge in [0, 0.05) is 19.2 Å². The molecular weight excluding hydrogens is 192 g/mol. The standard InChI is InChI=1S/C10H22N4O/c1-10(2)5-4-7-14(10)9(13-11)12-6-8-15-3/h4-8,11H2,1-3H3,(H,12,13). The van der Waals surface area contributed by atoms with Crippen LogP contribution in [0.2, 0.25) is 0 Å². The van der Waals surface area contributed by atoms with Gasteiger partial charge in [0.25, 0.3) is 0 Å². The largest absolute Gasteiger partial charge is 0.383 e. The van der Waals surface area contributed by atoms with Crippen molar-refractivity contribution in [2.75, 3.05) is 26.8 Å². The molecule has 88 valence electrons. The number of rotatable bonds is 3. The highest BCUT2D eigenvalue weighted by atomic mass is 16.5. The number of likely N-dealkylation sites (tertiary alicyclic amines) is 1. The lowest BCUT2D eigenvalue weighted by molar-refractivity contribution is 0.206. The molecule has 1 saturated heterocycles. The van der Waals surface area contributed by atoms with Crippen molar-refractivity contribution in [1.29, 1.82) is 0 Å². The van der Waals surface area contributed by atoms with Crippen LogP contribution in [0.1, 0.15) is 26.7 Å². The molecule has 1 fully saturated rings. The predicted molar refractivity (Wildman–Crippen MR) is 61.5 cm³/mol. The molecule has 0 atom stereocenters. The number of aliphatic imine (C=N–C) groups is 1. The van der Waals surface area contributed by atoms with Crippen molar-refractivity contribution >= 4 is 5.96 Å². The van der Waals surface area contributed by atoms with Gasteiger partial charge in [0.1, 0.15) is 0 Å². The molecule has 1 aliphatic heterocycles. The summed E-state index contributed by atoms with van der Waals surface area (Å²) in [7, 11) is 1.67. The number of nitrogens with one attached hydrogen (secondary N) is 1. The average Bonchev–Trinajstić information content (AvgIpc) is 2.53. The van der Waals surface area contributed by atoms with E-state index in [1.54, 1.807) is 7.11 Å². The van der Waals surface area contributed by atoms with Crippen molar-refractivity contribution in [3.05, 3.63) is 0 Å². The van der Waals surface area contributed by atoms with Crippen molar-refractivity contribution < 1.29 is 4.74 Å². The SMILES string of the molecule is COCCN=C(NN)N1CCCC1(C)C. The Bertz CT molecular complexity index is 227.